The molecule has 0 radical (unpaired) electrons. The van der Waals surface area contributed by atoms with E-state index in [1.165, 1.54) is 11.3 Å². The van der Waals surface area contributed by atoms with Gasteiger partial charge >= 0.3 is 0 Å². The lowest BCUT2D eigenvalue weighted by molar-refractivity contribution is 0.580. The zero-order valence-electron chi connectivity index (χ0n) is 9.86. The van der Waals surface area contributed by atoms with Gasteiger partial charge in [0, 0.05) is 15.9 Å². The highest BCUT2D eigenvalue weighted by molar-refractivity contribution is 9.11. The highest BCUT2D eigenvalue weighted by Crippen LogP contribution is 2.27. The molecule has 108 valence electrons. The predicted octanol–water partition coefficient (Wildman–Crippen LogP) is 3.47. The second kappa shape index (κ2) is 6.10. The SMILES string of the molecule is Nc1cc(S(=O)(=O)NCc2ccc(Br)s2)c(Br)cc1F. The molecule has 2 aromatic rings. The third kappa shape index (κ3) is 3.59. The number of halogens is 3. The first kappa shape index (κ1) is 15.9. The highest BCUT2D eigenvalue weighted by atomic mass is 79.9. The number of nitrogen functional groups attached to an aromatic ring is 1. The van der Waals surface area contributed by atoms with E-state index in [0.29, 0.717) is 0 Å². The summed E-state index contributed by atoms with van der Waals surface area (Å²) in [5, 5.41) is 0. The molecule has 0 saturated heterocycles. The Labute approximate surface area is 136 Å². The second-order valence-corrected chi connectivity index (χ2v) is 8.97. The molecule has 2 rings (SSSR count). The van der Waals surface area contributed by atoms with E-state index < -0.39 is 15.8 Å². The maximum Gasteiger partial charge on any atom is 0.242 e. The fraction of sp³-hybridized carbons (Fsp3) is 0.0909. The van der Waals surface area contributed by atoms with Crippen LogP contribution in [0, 0.1) is 5.82 Å². The van der Waals surface area contributed by atoms with Crippen molar-refractivity contribution in [1.82, 2.24) is 4.72 Å². The second-order valence-electron chi connectivity index (χ2n) is 3.83. The lowest BCUT2D eigenvalue weighted by Gasteiger charge is -2.09. The van der Waals surface area contributed by atoms with Crippen molar-refractivity contribution in [3.8, 4) is 0 Å². The molecule has 4 nitrogen and oxygen atoms in total. The van der Waals surface area contributed by atoms with Crippen LogP contribution in [0.4, 0.5) is 10.1 Å². The number of thiophene rings is 1. The minimum absolute atomic E-state index is 0.0907. The Hall–Kier alpha value is -0.480. The van der Waals surface area contributed by atoms with Crippen LogP contribution in [-0.4, -0.2) is 8.42 Å². The number of benzene rings is 1. The molecule has 0 amide bonds. The number of nitrogens with one attached hydrogen (secondary N) is 1. The van der Waals surface area contributed by atoms with Gasteiger partial charge in [0.1, 0.15) is 5.82 Å². The van der Waals surface area contributed by atoms with E-state index in [9.17, 15) is 12.8 Å². The first-order valence-corrected chi connectivity index (χ1v) is 9.16. The summed E-state index contributed by atoms with van der Waals surface area (Å²) in [6, 6.07) is 5.77. The van der Waals surface area contributed by atoms with Crippen molar-refractivity contribution in [2.24, 2.45) is 0 Å². The van der Waals surface area contributed by atoms with E-state index in [0.717, 1.165) is 20.8 Å². The summed E-state index contributed by atoms with van der Waals surface area (Å²) in [7, 11) is -3.77. The van der Waals surface area contributed by atoms with Gasteiger partial charge in [-0.05, 0) is 56.1 Å². The van der Waals surface area contributed by atoms with Crippen LogP contribution in [0.1, 0.15) is 4.88 Å². The summed E-state index contributed by atoms with van der Waals surface area (Å²) >= 11 is 7.76. The van der Waals surface area contributed by atoms with Gasteiger partial charge in [0.15, 0.2) is 0 Å². The molecular formula is C11H9Br2FN2O2S2. The molecule has 0 aliphatic heterocycles. The van der Waals surface area contributed by atoms with Crippen LogP contribution in [-0.2, 0) is 16.6 Å². The molecule has 0 saturated carbocycles. The maximum atomic E-state index is 13.2. The third-order valence-electron chi connectivity index (χ3n) is 2.41. The van der Waals surface area contributed by atoms with Gasteiger partial charge in [-0.2, -0.15) is 0 Å². The van der Waals surface area contributed by atoms with Crippen LogP contribution in [0.25, 0.3) is 0 Å². The van der Waals surface area contributed by atoms with E-state index in [-0.39, 0.29) is 21.6 Å². The number of nitrogens with two attached hydrogens (primary N) is 1. The van der Waals surface area contributed by atoms with Gasteiger partial charge < -0.3 is 5.73 Å². The smallest absolute Gasteiger partial charge is 0.242 e. The average Bonchev–Trinajstić information content (AvgIpc) is 2.77. The van der Waals surface area contributed by atoms with Gasteiger partial charge in [0.05, 0.1) is 14.4 Å². The van der Waals surface area contributed by atoms with Crippen molar-refractivity contribution < 1.29 is 12.8 Å². The summed E-state index contributed by atoms with van der Waals surface area (Å²) in [4.78, 5) is 0.763. The minimum atomic E-state index is -3.77. The molecule has 0 unspecified atom stereocenters. The predicted molar refractivity (Wildman–Crippen MR) is 84.6 cm³/mol. The van der Waals surface area contributed by atoms with E-state index in [2.05, 4.69) is 36.6 Å². The normalized spacial score (nSPS) is 11.8. The minimum Gasteiger partial charge on any atom is -0.396 e. The van der Waals surface area contributed by atoms with E-state index in [1.54, 1.807) is 0 Å². The molecule has 1 aromatic heterocycles. The van der Waals surface area contributed by atoms with Crippen molar-refractivity contribution in [2.75, 3.05) is 5.73 Å². The molecule has 0 atom stereocenters. The van der Waals surface area contributed by atoms with E-state index >= 15 is 0 Å². The third-order valence-corrected chi connectivity index (χ3v) is 6.39. The lowest BCUT2D eigenvalue weighted by atomic mass is 10.3. The van der Waals surface area contributed by atoms with E-state index in [1.807, 2.05) is 12.1 Å². The quantitative estimate of drug-likeness (QED) is 0.710. The Morgan fingerprint density at radius 3 is 2.60 bits per heavy atom. The molecule has 3 N–H and O–H groups in total. The molecule has 0 aliphatic rings. The summed E-state index contributed by atoms with van der Waals surface area (Å²) in [6.45, 7) is 0.155. The molecule has 0 spiro atoms. The number of sulfonamides is 1. The molecule has 1 heterocycles. The Morgan fingerprint density at radius 1 is 1.30 bits per heavy atom. The van der Waals surface area contributed by atoms with Crippen LogP contribution in [0.5, 0.6) is 0 Å². The summed E-state index contributed by atoms with van der Waals surface area (Å²) < 4.78 is 41.1. The molecule has 0 fully saturated rings. The molecule has 0 aliphatic carbocycles. The Bertz CT molecular complexity index is 747. The number of anilines is 1. The van der Waals surface area contributed by atoms with Crippen LogP contribution in [0.2, 0.25) is 0 Å². The molecule has 9 heteroatoms. The van der Waals surface area contributed by atoms with Crippen molar-refractivity contribution in [3.63, 3.8) is 0 Å². The van der Waals surface area contributed by atoms with Gasteiger partial charge in [0.25, 0.3) is 0 Å². The van der Waals surface area contributed by atoms with Gasteiger partial charge in [-0.25, -0.2) is 17.5 Å². The molecule has 1 aromatic carbocycles. The monoisotopic (exact) mass is 442 g/mol. The number of hydrogen-bond acceptors (Lipinski definition) is 4. The van der Waals surface area contributed by atoms with Crippen molar-refractivity contribution in [2.45, 2.75) is 11.4 Å². The first-order chi connectivity index (χ1) is 9.29. The summed E-state index contributed by atoms with van der Waals surface area (Å²) in [6.07, 6.45) is 0. The van der Waals surface area contributed by atoms with Crippen LogP contribution >= 0.6 is 43.2 Å². The van der Waals surface area contributed by atoms with Crippen LogP contribution in [0.3, 0.4) is 0 Å². The van der Waals surface area contributed by atoms with Crippen LogP contribution in [0.15, 0.2) is 37.4 Å². The summed E-state index contributed by atoms with van der Waals surface area (Å²) in [5.41, 5.74) is 5.19. The van der Waals surface area contributed by atoms with Crippen molar-refractivity contribution in [1.29, 1.82) is 0 Å². The maximum absolute atomic E-state index is 13.2. The van der Waals surface area contributed by atoms with Gasteiger partial charge in [-0.1, -0.05) is 0 Å². The number of hydrogen-bond donors (Lipinski definition) is 2. The van der Waals surface area contributed by atoms with Gasteiger partial charge in [-0.15, -0.1) is 11.3 Å². The Balaban J connectivity index is 2.24. The molecular weight excluding hydrogens is 435 g/mol. The Morgan fingerprint density at radius 2 is 2.00 bits per heavy atom. The highest BCUT2D eigenvalue weighted by Gasteiger charge is 2.19. The molecule has 20 heavy (non-hydrogen) atoms. The van der Waals surface area contributed by atoms with Gasteiger partial charge in [-0.3, -0.25) is 0 Å². The summed E-state index contributed by atoms with van der Waals surface area (Å²) in [5.74, 6) is -0.669. The number of rotatable bonds is 4. The largest absolute Gasteiger partial charge is 0.396 e. The standard InChI is InChI=1S/C11H9Br2FN2O2S2/c12-7-3-8(14)9(15)4-10(7)20(17,18)16-5-6-1-2-11(13)19-6/h1-4,16H,5,15H2. The topological polar surface area (TPSA) is 72.2 Å². The zero-order valence-corrected chi connectivity index (χ0v) is 14.7. The Kier molecular flexibility index (Phi) is 4.85. The van der Waals surface area contributed by atoms with Gasteiger partial charge in [0.2, 0.25) is 10.0 Å². The van der Waals surface area contributed by atoms with Crippen LogP contribution < -0.4 is 10.5 Å². The fourth-order valence-electron chi connectivity index (χ4n) is 1.44. The molecule has 0 bridgehead atoms. The first-order valence-electron chi connectivity index (χ1n) is 5.28. The van der Waals surface area contributed by atoms with E-state index in [4.69, 9.17) is 5.73 Å². The fourth-order valence-corrected chi connectivity index (χ4v) is 5.01. The van der Waals surface area contributed by atoms with Crippen molar-refractivity contribution in [3.05, 3.63) is 43.2 Å². The average molecular weight is 444 g/mol. The van der Waals surface area contributed by atoms with Crippen molar-refractivity contribution >= 4 is 58.9 Å². The lowest BCUT2D eigenvalue weighted by Crippen LogP contribution is -2.23. The zero-order chi connectivity index (χ0) is 14.9.